The quantitative estimate of drug-likeness (QED) is 0.376. The van der Waals surface area contributed by atoms with Gasteiger partial charge in [-0.15, -0.1) is 5.10 Å². The number of aryl methyl sites for hydroxylation is 1. The molecule has 4 aromatic rings. The van der Waals surface area contributed by atoms with Crippen LogP contribution in [-0.4, -0.2) is 37.2 Å². The smallest absolute Gasteiger partial charge is 0.252 e. The largest absolute Gasteiger partial charge is 0.497 e. The van der Waals surface area contributed by atoms with Crippen molar-refractivity contribution in [1.29, 1.82) is 0 Å². The Labute approximate surface area is 212 Å². The molecule has 0 unspecified atom stereocenters. The van der Waals surface area contributed by atoms with E-state index in [9.17, 15) is 4.79 Å². The van der Waals surface area contributed by atoms with Crippen molar-refractivity contribution in [1.82, 2.24) is 30.1 Å². The Morgan fingerprint density at radius 3 is 2.42 bits per heavy atom. The van der Waals surface area contributed by atoms with E-state index in [0.717, 1.165) is 33.6 Å². The van der Waals surface area contributed by atoms with Gasteiger partial charge in [0.25, 0.3) is 5.56 Å². The van der Waals surface area contributed by atoms with E-state index in [1.807, 2.05) is 35.0 Å². The molecule has 0 spiro atoms. The van der Waals surface area contributed by atoms with Crippen LogP contribution in [0.25, 0.3) is 10.9 Å². The first-order valence-electron chi connectivity index (χ1n) is 12.3. The number of pyridine rings is 1. The van der Waals surface area contributed by atoms with Gasteiger partial charge in [-0.3, -0.25) is 9.69 Å². The molecule has 4 rings (SSSR count). The molecular formula is C28H36N6O2. The van der Waals surface area contributed by atoms with E-state index in [1.54, 1.807) is 7.11 Å². The summed E-state index contributed by atoms with van der Waals surface area (Å²) in [5.41, 5.74) is 3.46. The minimum Gasteiger partial charge on any atom is -0.497 e. The Morgan fingerprint density at radius 1 is 1.06 bits per heavy atom. The molecule has 0 saturated heterocycles. The lowest BCUT2D eigenvalue weighted by molar-refractivity contribution is 0.119. The van der Waals surface area contributed by atoms with Crippen molar-refractivity contribution in [2.24, 2.45) is 5.92 Å². The van der Waals surface area contributed by atoms with Crippen LogP contribution in [0.3, 0.4) is 0 Å². The van der Waals surface area contributed by atoms with Crippen molar-refractivity contribution >= 4 is 10.9 Å². The summed E-state index contributed by atoms with van der Waals surface area (Å²) in [4.78, 5) is 18.5. The molecule has 0 radical (unpaired) electrons. The lowest BCUT2D eigenvalue weighted by Crippen LogP contribution is -2.37. The first kappa shape index (κ1) is 25.6. The fraction of sp³-hybridized carbons (Fsp3) is 0.429. The van der Waals surface area contributed by atoms with Crippen molar-refractivity contribution in [2.45, 2.75) is 66.2 Å². The number of benzene rings is 2. The van der Waals surface area contributed by atoms with E-state index in [0.29, 0.717) is 18.7 Å². The molecule has 190 valence electrons. The third kappa shape index (κ3) is 5.49. The highest BCUT2D eigenvalue weighted by atomic mass is 16.5. The van der Waals surface area contributed by atoms with Crippen LogP contribution in [0.1, 0.15) is 63.2 Å². The van der Waals surface area contributed by atoms with Crippen LogP contribution in [0, 0.1) is 12.8 Å². The van der Waals surface area contributed by atoms with E-state index >= 15 is 0 Å². The molecule has 0 aliphatic rings. The van der Waals surface area contributed by atoms with Crippen molar-refractivity contribution in [2.75, 3.05) is 7.11 Å². The average Bonchev–Trinajstić information content (AvgIpc) is 3.30. The monoisotopic (exact) mass is 488 g/mol. The highest BCUT2D eigenvalue weighted by Crippen LogP contribution is 2.32. The van der Waals surface area contributed by atoms with Gasteiger partial charge in [0.05, 0.1) is 18.7 Å². The number of nitrogens with zero attached hydrogens (tertiary/aromatic N) is 5. The lowest BCUT2D eigenvalue weighted by Gasteiger charge is -2.35. The molecule has 0 aliphatic heterocycles. The van der Waals surface area contributed by atoms with Gasteiger partial charge in [0, 0.05) is 24.2 Å². The number of nitrogens with one attached hydrogen (secondary N) is 1. The molecule has 8 nitrogen and oxygen atoms in total. The van der Waals surface area contributed by atoms with E-state index in [1.165, 1.54) is 0 Å². The van der Waals surface area contributed by atoms with E-state index < -0.39 is 0 Å². The number of ether oxygens (including phenoxy) is 1. The molecule has 0 aliphatic carbocycles. The molecule has 36 heavy (non-hydrogen) atoms. The molecule has 2 aromatic carbocycles. The van der Waals surface area contributed by atoms with Crippen molar-refractivity contribution in [3.05, 3.63) is 81.4 Å². The summed E-state index contributed by atoms with van der Waals surface area (Å²) in [6.45, 7) is 13.7. The summed E-state index contributed by atoms with van der Waals surface area (Å²) < 4.78 is 7.24. The Hall–Kier alpha value is -3.52. The zero-order chi connectivity index (χ0) is 26.0. The Balaban J connectivity index is 1.80. The normalized spacial score (nSPS) is 13.0. The van der Waals surface area contributed by atoms with Crippen molar-refractivity contribution < 1.29 is 4.74 Å². The molecular weight excluding hydrogens is 452 g/mol. The third-order valence-corrected chi connectivity index (χ3v) is 6.41. The van der Waals surface area contributed by atoms with Gasteiger partial charge >= 0.3 is 0 Å². The van der Waals surface area contributed by atoms with Crippen molar-refractivity contribution in [3.63, 3.8) is 0 Å². The SMILES string of the molecule is COc1ccc(CN(Cc2cc3cc(C)ccc3[nH]c2=O)[C@@H](c2nnnn2C(C)(C)C)C(C)C)cc1. The van der Waals surface area contributed by atoms with Crippen LogP contribution in [0.4, 0.5) is 0 Å². The third-order valence-electron chi connectivity index (χ3n) is 6.41. The molecule has 8 heteroatoms. The van der Waals surface area contributed by atoms with E-state index in [-0.39, 0.29) is 23.1 Å². The number of hydrogen-bond acceptors (Lipinski definition) is 6. The van der Waals surface area contributed by atoms with Gasteiger partial charge in [-0.25, -0.2) is 4.68 Å². The van der Waals surface area contributed by atoms with E-state index in [4.69, 9.17) is 4.74 Å². The number of rotatable bonds is 8. The highest BCUT2D eigenvalue weighted by Gasteiger charge is 2.33. The maximum absolute atomic E-state index is 13.2. The topological polar surface area (TPSA) is 88.9 Å². The first-order chi connectivity index (χ1) is 17.1. The summed E-state index contributed by atoms with van der Waals surface area (Å²) in [5, 5.41) is 13.9. The number of hydrogen-bond donors (Lipinski definition) is 1. The molecule has 0 bridgehead atoms. The zero-order valence-corrected chi connectivity index (χ0v) is 22.2. The second-order valence-corrected chi connectivity index (χ2v) is 10.8. The Morgan fingerprint density at radius 2 is 1.78 bits per heavy atom. The van der Waals surface area contributed by atoms with Crippen LogP contribution in [0.2, 0.25) is 0 Å². The van der Waals surface area contributed by atoms with Crippen LogP contribution < -0.4 is 10.3 Å². The highest BCUT2D eigenvalue weighted by molar-refractivity contribution is 5.79. The summed E-state index contributed by atoms with van der Waals surface area (Å²) in [7, 11) is 1.66. The predicted octanol–water partition coefficient (Wildman–Crippen LogP) is 4.99. The number of fused-ring (bicyclic) bond motifs is 1. The molecule has 0 saturated carbocycles. The summed E-state index contributed by atoms with van der Waals surface area (Å²) in [5.74, 6) is 1.79. The molecule has 0 amide bonds. The van der Waals surface area contributed by atoms with Crippen LogP contribution in [0.5, 0.6) is 5.75 Å². The minimum atomic E-state index is -0.282. The Bertz CT molecular complexity index is 1380. The van der Waals surface area contributed by atoms with Crippen LogP contribution in [0.15, 0.2) is 53.3 Å². The van der Waals surface area contributed by atoms with Crippen LogP contribution >= 0.6 is 0 Å². The number of tetrazole rings is 1. The zero-order valence-electron chi connectivity index (χ0n) is 22.2. The second-order valence-electron chi connectivity index (χ2n) is 10.8. The number of aromatic nitrogens is 5. The number of H-pyrrole nitrogens is 1. The molecule has 0 fully saturated rings. The van der Waals surface area contributed by atoms with Gasteiger partial charge in [0.15, 0.2) is 5.82 Å². The van der Waals surface area contributed by atoms with Gasteiger partial charge in [-0.05, 0) is 85.3 Å². The first-order valence-corrected chi connectivity index (χ1v) is 12.3. The van der Waals surface area contributed by atoms with Gasteiger partial charge in [0.2, 0.25) is 0 Å². The standard InChI is InChI=1S/C28H36N6O2/c1-18(2)25(26-30-31-32-34(26)28(4,5)6)33(16-20-9-11-23(36-7)12-10-20)17-22-15-21-14-19(3)8-13-24(21)29-27(22)35/h8-15,18,25H,16-17H2,1-7H3,(H,29,35)/t25-/m1/s1. The maximum Gasteiger partial charge on any atom is 0.252 e. The average molecular weight is 489 g/mol. The molecule has 1 N–H and O–H groups in total. The minimum absolute atomic E-state index is 0.0796. The van der Waals surface area contributed by atoms with Gasteiger partial charge in [-0.1, -0.05) is 37.6 Å². The fourth-order valence-electron chi connectivity index (χ4n) is 4.66. The summed E-state index contributed by atoms with van der Waals surface area (Å²) >= 11 is 0. The van der Waals surface area contributed by atoms with Crippen LogP contribution in [-0.2, 0) is 18.6 Å². The predicted molar refractivity (Wildman–Crippen MR) is 142 cm³/mol. The van der Waals surface area contributed by atoms with Crippen molar-refractivity contribution in [3.8, 4) is 5.75 Å². The molecule has 2 heterocycles. The maximum atomic E-state index is 13.2. The van der Waals surface area contributed by atoms with Gasteiger partial charge < -0.3 is 9.72 Å². The second kappa shape index (κ2) is 10.2. The lowest BCUT2D eigenvalue weighted by atomic mass is 9.98. The summed E-state index contributed by atoms with van der Waals surface area (Å²) in [6.07, 6.45) is 0. The summed E-state index contributed by atoms with van der Waals surface area (Å²) in [6, 6.07) is 16.0. The Kier molecular flexibility index (Phi) is 7.26. The molecule has 2 aromatic heterocycles. The fourth-order valence-corrected chi connectivity index (χ4v) is 4.66. The van der Waals surface area contributed by atoms with Gasteiger partial charge in [-0.2, -0.15) is 0 Å². The number of aromatic amines is 1. The molecule has 1 atom stereocenters. The number of methoxy groups -OCH3 is 1. The van der Waals surface area contributed by atoms with E-state index in [2.05, 4.69) is 85.2 Å². The van der Waals surface area contributed by atoms with Gasteiger partial charge in [0.1, 0.15) is 5.75 Å².